The molecule has 0 aliphatic carbocycles. The van der Waals surface area contributed by atoms with Gasteiger partial charge in [0.15, 0.2) is 0 Å². The van der Waals surface area contributed by atoms with Crippen molar-refractivity contribution in [1.82, 2.24) is 19.9 Å². The van der Waals surface area contributed by atoms with Gasteiger partial charge in [-0.05, 0) is 19.3 Å². The van der Waals surface area contributed by atoms with E-state index in [-0.39, 0.29) is 5.91 Å². The van der Waals surface area contributed by atoms with Crippen LogP contribution in [0.3, 0.4) is 0 Å². The van der Waals surface area contributed by atoms with Gasteiger partial charge < -0.3 is 9.80 Å². The van der Waals surface area contributed by atoms with Gasteiger partial charge in [-0.2, -0.15) is 0 Å². The zero-order valence-electron chi connectivity index (χ0n) is 12.9. The minimum absolute atomic E-state index is 0.0229. The molecule has 4 heterocycles. The Balaban J connectivity index is 1.56. The molecule has 6 nitrogen and oxygen atoms in total. The van der Waals surface area contributed by atoms with Crippen LogP contribution in [0.15, 0.2) is 17.2 Å². The molecule has 2 aromatic rings. The number of carbonyl (C=O) groups is 1. The standard InChI is InChI=1S/C16H19N5OS/c22-16(14-9-23-11-19-14)21-7-3-12-13(4-8-21)17-10-18-15(12)20-5-1-2-6-20/h9-11H,1-8H2. The largest absolute Gasteiger partial charge is 0.356 e. The molecular weight excluding hydrogens is 310 g/mol. The van der Waals surface area contributed by atoms with Gasteiger partial charge in [0.25, 0.3) is 5.91 Å². The average molecular weight is 329 g/mol. The fourth-order valence-corrected chi connectivity index (χ4v) is 3.92. The summed E-state index contributed by atoms with van der Waals surface area (Å²) in [6, 6.07) is 0. The molecule has 7 heteroatoms. The molecule has 0 saturated carbocycles. The SMILES string of the molecule is O=C(c1cscn1)N1CCc2ncnc(N3CCCC3)c2CC1. The number of hydrogen-bond acceptors (Lipinski definition) is 6. The van der Waals surface area contributed by atoms with Gasteiger partial charge in [-0.1, -0.05) is 0 Å². The Bertz CT molecular complexity index is 697. The van der Waals surface area contributed by atoms with Crippen LogP contribution in [0.1, 0.15) is 34.6 Å². The monoisotopic (exact) mass is 329 g/mol. The summed E-state index contributed by atoms with van der Waals surface area (Å²) in [6.45, 7) is 3.55. The van der Waals surface area contributed by atoms with E-state index < -0.39 is 0 Å². The predicted molar refractivity (Wildman–Crippen MR) is 88.9 cm³/mol. The third-order valence-corrected chi connectivity index (χ3v) is 5.19. The molecular formula is C16H19N5OS. The highest BCUT2D eigenvalue weighted by atomic mass is 32.1. The van der Waals surface area contributed by atoms with Crippen molar-refractivity contribution >= 4 is 23.1 Å². The number of nitrogens with zero attached hydrogens (tertiary/aromatic N) is 5. The molecule has 1 fully saturated rings. The summed E-state index contributed by atoms with van der Waals surface area (Å²) in [4.78, 5) is 29.9. The van der Waals surface area contributed by atoms with E-state index in [4.69, 9.17) is 0 Å². The highest BCUT2D eigenvalue weighted by Crippen LogP contribution is 2.26. The highest BCUT2D eigenvalue weighted by Gasteiger charge is 2.25. The molecule has 2 aromatic heterocycles. The number of carbonyl (C=O) groups excluding carboxylic acids is 1. The van der Waals surface area contributed by atoms with E-state index in [2.05, 4.69) is 19.9 Å². The maximum Gasteiger partial charge on any atom is 0.273 e. The van der Waals surface area contributed by atoms with E-state index >= 15 is 0 Å². The molecule has 2 aliphatic rings. The summed E-state index contributed by atoms with van der Waals surface area (Å²) in [5.41, 5.74) is 4.57. The third kappa shape index (κ3) is 2.81. The second-order valence-electron chi connectivity index (χ2n) is 5.98. The Morgan fingerprint density at radius 3 is 2.65 bits per heavy atom. The molecule has 0 radical (unpaired) electrons. The molecule has 0 atom stereocenters. The quantitative estimate of drug-likeness (QED) is 0.840. The predicted octanol–water partition coefficient (Wildman–Crippen LogP) is 1.77. The van der Waals surface area contributed by atoms with E-state index in [1.54, 1.807) is 11.8 Å². The first kappa shape index (κ1) is 14.6. The zero-order valence-corrected chi connectivity index (χ0v) is 13.8. The van der Waals surface area contributed by atoms with Crippen LogP contribution < -0.4 is 4.90 Å². The number of fused-ring (bicyclic) bond motifs is 1. The Morgan fingerprint density at radius 2 is 1.87 bits per heavy atom. The molecule has 4 rings (SSSR count). The number of anilines is 1. The normalized spacial score (nSPS) is 17.9. The van der Waals surface area contributed by atoms with Crippen molar-refractivity contribution in [3.05, 3.63) is 34.2 Å². The van der Waals surface area contributed by atoms with Gasteiger partial charge in [0.05, 0.1) is 11.2 Å². The summed E-state index contributed by atoms with van der Waals surface area (Å²) >= 11 is 1.46. The molecule has 0 N–H and O–H groups in total. The first-order chi connectivity index (χ1) is 11.3. The van der Waals surface area contributed by atoms with Crippen LogP contribution in [0, 0.1) is 0 Å². The van der Waals surface area contributed by atoms with Gasteiger partial charge in [0, 0.05) is 43.5 Å². The second kappa shape index (κ2) is 6.23. The number of hydrogen-bond donors (Lipinski definition) is 0. The average Bonchev–Trinajstić information content (AvgIpc) is 3.24. The number of thiazole rings is 1. The molecule has 0 aromatic carbocycles. The lowest BCUT2D eigenvalue weighted by Gasteiger charge is -2.21. The topological polar surface area (TPSA) is 62.2 Å². The summed E-state index contributed by atoms with van der Waals surface area (Å²) in [5, 5.41) is 1.82. The maximum atomic E-state index is 12.5. The van der Waals surface area contributed by atoms with Crippen LogP contribution in [-0.4, -0.2) is 51.9 Å². The molecule has 0 unspecified atom stereocenters. The van der Waals surface area contributed by atoms with Gasteiger partial charge >= 0.3 is 0 Å². The van der Waals surface area contributed by atoms with Crippen LogP contribution >= 0.6 is 11.3 Å². The minimum atomic E-state index is 0.0229. The van der Waals surface area contributed by atoms with Gasteiger partial charge in [-0.3, -0.25) is 4.79 Å². The fourth-order valence-electron chi connectivity index (χ4n) is 3.39. The van der Waals surface area contributed by atoms with Crippen molar-refractivity contribution < 1.29 is 4.79 Å². The van der Waals surface area contributed by atoms with Crippen molar-refractivity contribution in [1.29, 1.82) is 0 Å². The van der Waals surface area contributed by atoms with Crippen LogP contribution in [0.25, 0.3) is 0 Å². The highest BCUT2D eigenvalue weighted by molar-refractivity contribution is 7.07. The van der Waals surface area contributed by atoms with Gasteiger partial charge in [-0.15, -0.1) is 11.3 Å². The lowest BCUT2D eigenvalue weighted by molar-refractivity contribution is 0.0758. The van der Waals surface area contributed by atoms with Gasteiger partial charge in [-0.25, -0.2) is 15.0 Å². The van der Waals surface area contributed by atoms with E-state index in [9.17, 15) is 4.79 Å². The van der Waals surface area contributed by atoms with Crippen LogP contribution in [0.5, 0.6) is 0 Å². The van der Waals surface area contributed by atoms with Crippen molar-refractivity contribution in [2.45, 2.75) is 25.7 Å². The molecule has 23 heavy (non-hydrogen) atoms. The number of amides is 1. The van der Waals surface area contributed by atoms with Crippen molar-refractivity contribution in [3.63, 3.8) is 0 Å². The van der Waals surface area contributed by atoms with E-state index in [0.29, 0.717) is 18.8 Å². The Labute approximate surface area is 139 Å². The van der Waals surface area contributed by atoms with Crippen molar-refractivity contribution in [2.75, 3.05) is 31.1 Å². The molecule has 2 aliphatic heterocycles. The summed E-state index contributed by atoms with van der Waals surface area (Å²) in [6.07, 6.45) is 5.73. The third-order valence-electron chi connectivity index (χ3n) is 4.61. The molecule has 120 valence electrons. The number of rotatable bonds is 2. The minimum Gasteiger partial charge on any atom is -0.356 e. The van der Waals surface area contributed by atoms with E-state index in [0.717, 1.165) is 37.4 Å². The van der Waals surface area contributed by atoms with Crippen molar-refractivity contribution in [3.8, 4) is 0 Å². The van der Waals surface area contributed by atoms with Crippen molar-refractivity contribution in [2.24, 2.45) is 0 Å². The lowest BCUT2D eigenvalue weighted by atomic mass is 10.1. The van der Waals surface area contributed by atoms with E-state index in [1.807, 2.05) is 10.3 Å². The van der Waals surface area contributed by atoms with E-state index in [1.165, 1.54) is 29.7 Å². The van der Waals surface area contributed by atoms with Crippen LogP contribution in [-0.2, 0) is 12.8 Å². The zero-order chi connectivity index (χ0) is 15.6. The molecule has 0 spiro atoms. The van der Waals surface area contributed by atoms with Crippen LogP contribution in [0.4, 0.5) is 5.82 Å². The second-order valence-corrected chi connectivity index (χ2v) is 6.70. The molecule has 0 bridgehead atoms. The number of aromatic nitrogens is 3. The Morgan fingerprint density at radius 1 is 1.04 bits per heavy atom. The Kier molecular flexibility index (Phi) is 3.95. The molecule has 1 amide bonds. The lowest BCUT2D eigenvalue weighted by Crippen LogP contribution is -2.33. The fraction of sp³-hybridized carbons (Fsp3) is 0.500. The van der Waals surface area contributed by atoms with Gasteiger partial charge in [0.2, 0.25) is 0 Å². The van der Waals surface area contributed by atoms with Crippen LogP contribution in [0.2, 0.25) is 0 Å². The smallest absolute Gasteiger partial charge is 0.273 e. The van der Waals surface area contributed by atoms with Gasteiger partial charge in [0.1, 0.15) is 17.8 Å². The Hall–Kier alpha value is -2.02. The first-order valence-electron chi connectivity index (χ1n) is 8.08. The summed E-state index contributed by atoms with van der Waals surface area (Å²) in [5.74, 6) is 1.10. The summed E-state index contributed by atoms with van der Waals surface area (Å²) < 4.78 is 0. The maximum absolute atomic E-state index is 12.5. The summed E-state index contributed by atoms with van der Waals surface area (Å²) in [7, 11) is 0. The molecule has 1 saturated heterocycles. The first-order valence-corrected chi connectivity index (χ1v) is 9.02.